The largest absolute Gasteiger partial charge is 0.490 e. The Morgan fingerprint density at radius 1 is 1.30 bits per heavy atom. The number of methoxy groups -OCH3 is 1. The van der Waals surface area contributed by atoms with Gasteiger partial charge in [0, 0.05) is 13.6 Å². The van der Waals surface area contributed by atoms with Crippen LogP contribution in [0, 0.1) is 5.41 Å². The maximum Gasteiger partial charge on any atom is 0.204 e. The molecular formula is C14H25N5O. The number of nitrogens with zero attached hydrogens (tertiary/aromatic N) is 3. The van der Waals surface area contributed by atoms with E-state index in [-0.39, 0.29) is 0 Å². The third-order valence-corrected chi connectivity index (χ3v) is 4.12. The van der Waals surface area contributed by atoms with Gasteiger partial charge in [-0.1, -0.05) is 6.92 Å². The molecule has 0 bridgehead atoms. The number of hydrogen-bond acceptors (Lipinski definition) is 6. The second kappa shape index (κ2) is 6.26. The minimum atomic E-state index is 0.308. The summed E-state index contributed by atoms with van der Waals surface area (Å²) in [5.74, 6) is 2.14. The molecule has 2 N–H and O–H groups in total. The predicted molar refractivity (Wildman–Crippen MR) is 81.5 cm³/mol. The van der Waals surface area contributed by atoms with Crippen LogP contribution in [-0.4, -0.2) is 55.7 Å². The van der Waals surface area contributed by atoms with E-state index >= 15 is 0 Å². The minimum absolute atomic E-state index is 0.308. The Labute approximate surface area is 120 Å². The van der Waals surface area contributed by atoms with Crippen LogP contribution in [0.25, 0.3) is 0 Å². The topological polar surface area (TPSA) is 62.3 Å². The van der Waals surface area contributed by atoms with Gasteiger partial charge in [-0.15, -0.1) is 0 Å². The molecule has 0 atom stereocenters. The van der Waals surface area contributed by atoms with Crippen molar-refractivity contribution in [2.24, 2.45) is 5.41 Å². The van der Waals surface area contributed by atoms with E-state index in [4.69, 9.17) is 4.74 Å². The second-order valence-corrected chi connectivity index (χ2v) is 5.82. The number of ether oxygens (including phenoxy) is 1. The molecule has 6 nitrogen and oxygen atoms in total. The summed E-state index contributed by atoms with van der Waals surface area (Å²) in [7, 11) is 5.65. The fourth-order valence-electron chi connectivity index (χ4n) is 2.50. The SMILES string of the molecule is CNc1ncnc(NCC2(C)CCN(C)CC2)c1OC. The number of anilines is 2. The Bertz CT molecular complexity index is 443. The standard InChI is InChI=1S/C14H25N5O/c1-14(5-7-19(3)8-6-14)9-16-13-11(20-4)12(15-2)17-10-18-13/h10H,5-9H2,1-4H3,(H2,15,16,17,18). The number of likely N-dealkylation sites (tertiary alicyclic amines) is 1. The zero-order valence-corrected chi connectivity index (χ0v) is 12.9. The molecule has 1 aliphatic rings. The van der Waals surface area contributed by atoms with Crippen molar-refractivity contribution in [3.05, 3.63) is 6.33 Å². The number of nitrogens with one attached hydrogen (secondary N) is 2. The fraction of sp³-hybridized carbons (Fsp3) is 0.714. The molecule has 0 amide bonds. The zero-order valence-electron chi connectivity index (χ0n) is 12.9. The highest BCUT2D eigenvalue weighted by molar-refractivity contribution is 5.63. The normalized spacial score (nSPS) is 18.6. The smallest absolute Gasteiger partial charge is 0.204 e. The molecule has 2 heterocycles. The van der Waals surface area contributed by atoms with Crippen molar-refractivity contribution < 1.29 is 4.74 Å². The van der Waals surface area contributed by atoms with Gasteiger partial charge >= 0.3 is 0 Å². The van der Waals surface area contributed by atoms with E-state index in [1.54, 1.807) is 13.4 Å². The maximum atomic E-state index is 5.40. The van der Waals surface area contributed by atoms with E-state index in [0.29, 0.717) is 17.0 Å². The first-order chi connectivity index (χ1) is 9.58. The number of hydrogen-bond donors (Lipinski definition) is 2. The van der Waals surface area contributed by atoms with Gasteiger partial charge in [-0.05, 0) is 38.4 Å². The molecule has 20 heavy (non-hydrogen) atoms. The van der Waals surface area contributed by atoms with E-state index in [2.05, 4.69) is 39.5 Å². The first-order valence-corrected chi connectivity index (χ1v) is 7.07. The summed E-state index contributed by atoms with van der Waals surface area (Å²) in [6.07, 6.45) is 3.94. The van der Waals surface area contributed by atoms with Gasteiger partial charge < -0.3 is 20.3 Å². The minimum Gasteiger partial charge on any atom is -0.490 e. The highest BCUT2D eigenvalue weighted by Crippen LogP contribution is 2.33. The lowest BCUT2D eigenvalue weighted by molar-refractivity contribution is 0.150. The average Bonchev–Trinajstić information content (AvgIpc) is 2.48. The van der Waals surface area contributed by atoms with Crippen molar-refractivity contribution in [1.82, 2.24) is 14.9 Å². The van der Waals surface area contributed by atoms with Crippen LogP contribution >= 0.6 is 0 Å². The van der Waals surface area contributed by atoms with E-state index in [1.165, 1.54) is 12.8 Å². The third kappa shape index (κ3) is 3.30. The molecular weight excluding hydrogens is 254 g/mol. The summed E-state index contributed by atoms with van der Waals surface area (Å²) in [4.78, 5) is 10.8. The van der Waals surface area contributed by atoms with Crippen molar-refractivity contribution in [1.29, 1.82) is 0 Å². The molecule has 0 radical (unpaired) electrons. The lowest BCUT2D eigenvalue weighted by atomic mass is 9.80. The van der Waals surface area contributed by atoms with Gasteiger partial charge in [-0.2, -0.15) is 0 Å². The molecule has 0 unspecified atom stereocenters. The van der Waals surface area contributed by atoms with Gasteiger partial charge in [0.2, 0.25) is 5.75 Å². The Morgan fingerprint density at radius 2 is 1.95 bits per heavy atom. The molecule has 1 fully saturated rings. The summed E-state index contributed by atoms with van der Waals surface area (Å²) < 4.78 is 5.40. The molecule has 1 saturated heterocycles. The zero-order chi connectivity index (χ0) is 14.6. The van der Waals surface area contributed by atoms with Crippen LogP contribution in [0.5, 0.6) is 5.75 Å². The monoisotopic (exact) mass is 279 g/mol. The van der Waals surface area contributed by atoms with Crippen LogP contribution in [0.3, 0.4) is 0 Å². The fourth-order valence-corrected chi connectivity index (χ4v) is 2.50. The highest BCUT2D eigenvalue weighted by Gasteiger charge is 2.29. The van der Waals surface area contributed by atoms with Crippen LogP contribution in [0.15, 0.2) is 6.33 Å². The molecule has 112 valence electrons. The Balaban J connectivity index is 2.03. The van der Waals surface area contributed by atoms with E-state index in [0.717, 1.165) is 25.5 Å². The lowest BCUT2D eigenvalue weighted by Crippen LogP contribution is -2.40. The van der Waals surface area contributed by atoms with Crippen LogP contribution in [-0.2, 0) is 0 Å². The quantitative estimate of drug-likeness (QED) is 0.855. The lowest BCUT2D eigenvalue weighted by Gasteiger charge is -2.38. The molecule has 6 heteroatoms. The molecule has 0 aliphatic carbocycles. The predicted octanol–water partition coefficient (Wildman–Crippen LogP) is 1.67. The van der Waals surface area contributed by atoms with E-state index < -0.39 is 0 Å². The molecule has 0 saturated carbocycles. The van der Waals surface area contributed by atoms with E-state index in [9.17, 15) is 0 Å². The van der Waals surface area contributed by atoms with Crippen molar-refractivity contribution >= 4 is 11.6 Å². The van der Waals surface area contributed by atoms with Crippen LogP contribution < -0.4 is 15.4 Å². The molecule has 1 aromatic rings. The summed E-state index contributed by atoms with van der Waals surface area (Å²) in [5.41, 5.74) is 0.308. The summed E-state index contributed by atoms with van der Waals surface area (Å²) >= 11 is 0. The third-order valence-electron chi connectivity index (χ3n) is 4.12. The Kier molecular flexibility index (Phi) is 4.65. The molecule has 1 aliphatic heterocycles. The molecule has 0 spiro atoms. The van der Waals surface area contributed by atoms with Crippen LogP contribution in [0.1, 0.15) is 19.8 Å². The van der Waals surface area contributed by atoms with Crippen LogP contribution in [0.4, 0.5) is 11.6 Å². The van der Waals surface area contributed by atoms with Gasteiger partial charge in [-0.3, -0.25) is 0 Å². The summed E-state index contributed by atoms with van der Waals surface area (Å²) in [6.45, 7) is 5.54. The van der Waals surface area contributed by atoms with Crippen molar-refractivity contribution in [2.75, 3.05) is 51.5 Å². The van der Waals surface area contributed by atoms with Gasteiger partial charge in [0.05, 0.1) is 7.11 Å². The molecule has 0 aromatic carbocycles. The summed E-state index contributed by atoms with van der Waals surface area (Å²) in [5, 5.41) is 6.45. The van der Waals surface area contributed by atoms with Crippen molar-refractivity contribution in [3.63, 3.8) is 0 Å². The number of piperidine rings is 1. The Morgan fingerprint density at radius 3 is 2.55 bits per heavy atom. The molecule has 1 aromatic heterocycles. The number of aromatic nitrogens is 2. The van der Waals surface area contributed by atoms with Gasteiger partial charge in [-0.25, -0.2) is 9.97 Å². The van der Waals surface area contributed by atoms with E-state index in [1.807, 2.05) is 7.05 Å². The first kappa shape index (κ1) is 14.8. The summed E-state index contributed by atoms with van der Waals surface area (Å²) in [6, 6.07) is 0. The highest BCUT2D eigenvalue weighted by atomic mass is 16.5. The van der Waals surface area contributed by atoms with Gasteiger partial charge in [0.1, 0.15) is 6.33 Å². The molecule has 2 rings (SSSR count). The average molecular weight is 279 g/mol. The maximum absolute atomic E-state index is 5.40. The van der Waals surface area contributed by atoms with Crippen LogP contribution in [0.2, 0.25) is 0 Å². The number of rotatable bonds is 5. The first-order valence-electron chi connectivity index (χ1n) is 7.07. The van der Waals surface area contributed by atoms with Gasteiger partial charge in [0.15, 0.2) is 11.6 Å². The Hall–Kier alpha value is -1.56. The van der Waals surface area contributed by atoms with Crippen molar-refractivity contribution in [3.8, 4) is 5.75 Å². The van der Waals surface area contributed by atoms with Gasteiger partial charge in [0.25, 0.3) is 0 Å². The second-order valence-electron chi connectivity index (χ2n) is 5.82. The van der Waals surface area contributed by atoms with Crippen molar-refractivity contribution in [2.45, 2.75) is 19.8 Å².